The van der Waals surface area contributed by atoms with Crippen molar-refractivity contribution in [3.63, 3.8) is 0 Å². The van der Waals surface area contributed by atoms with Gasteiger partial charge in [0.1, 0.15) is 0 Å². The molecule has 0 bridgehead atoms. The van der Waals surface area contributed by atoms with E-state index in [4.69, 9.17) is 34.8 Å². The number of carbonyl (C=O) groups excluding carboxylic acids is 2. The van der Waals surface area contributed by atoms with Gasteiger partial charge in [0, 0.05) is 6.20 Å². The maximum Gasteiger partial charge on any atom is 0.238 e. The number of carbonyl (C=O) groups is 2. The summed E-state index contributed by atoms with van der Waals surface area (Å²) in [5, 5.41) is 6.23. The van der Waals surface area contributed by atoms with Gasteiger partial charge in [-0.15, -0.1) is 0 Å². The molecule has 2 aromatic rings. The molecule has 0 unspecified atom stereocenters. The largest absolute Gasteiger partial charge is 0.322 e. The van der Waals surface area contributed by atoms with E-state index in [1.165, 1.54) is 6.20 Å². The second-order valence-electron chi connectivity index (χ2n) is 5.34. The van der Waals surface area contributed by atoms with E-state index in [9.17, 15) is 9.59 Å². The van der Waals surface area contributed by atoms with Crippen molar-refractivity contribution in [1.29, 1.82) is 0 Å². The van der Waals surface area contributed by atoms with Crippen molar-refractivity contribution in [2.75, 3.05) is 30.3 Å². The predicted molar refractivity (Wildman–Crippen MR) is 105 cm³/mol. The zero-order chi connectivity index (χ0) is 19.1. The second kappa shape index (κ2) is 9.73. The van der Waals surface area contributed by atoms with Crippen molar-refractivity contribution in [1.82, 2.24) is 9.88 Å². The van der Waals surface area contributed by atoms with Crippen LogP contribution < -0.4 is 10.6 Å². The van der Waals surface area contributed by atoms with Crippen LogP contribution in [0.25, 0.3) is 0 Å². The zero-order valence-electron chi connectivity index (χ0n) is 13.9. The third-order valence-corrected chi connectivity index (χ3v) is 4.37. The van der Waals surface area contributed by atoms with Crippen LogP contribution in [0.4, 0.5) is 11.4 Å². The minimum absolute atomic E-state index is 0.00619. The van der Waals surface area contributed by atoms with Crippen LogP contribution in [0, 0.1) is 0 Å². The highest BCUT2D eigenvalue weighted by Gasteiger charge is 2.16. The standard InChI is InChI=1S/C17H17Cl3N4O2/c1-2-24(9-14(25)22-13-7-4-8-21-17(13)20)10-15(26)23-16-11(18)5-3-6-12(16)19/h3-8H,2,9-10H2,1H3,(H,22,25)(H,23,26). The SMILES string of the molecule is CCN(CC(=O)Nc1cccnc1Cl)CC(=O)Nc1c(Cl)cccc1Cl. The topological polar surface area (TPSA) is 74.3 Å². The summed E-state index contributed by atoms with van der Waals surface area (Å²) in [4.78, 5) is 30.0. The van der Waals surface area contributed by atoms with Gasteiger partial charge in [-0.3, -0.25) is 14.5 Å². The molecule has 1 aromatic heterocycles. The van der Waals surface area contributed by atoms with E-state index < -0.39 is 0 Å². The highest BCUT2D eigenvalue weighted by atomic mass is 35.5. The van der Waals surface area contributed by atoms with Gasteiger partial charge in [-0.1, -0.05) is 47.8 Å². The summed E-state index contributed by atoms with van der Waals surface area (Å²) in [6, 6.07) is 8.26. The fraction of sp³-hybridized carbons (Fsp3) is 0.235. The number of likely N-dealkylation sites (N-methyl/N-ethyl adjacent to an activating group) is 1. The van der Waals surface area contributed by atoms with Crippen molar-refractivity contribution in [2.24, 2.45) is 0 Å². The molecule has 1 aromatic carbocycles. The number of hydrogen-bond donors (Lipinski definition) is 2. The smallest absolute Gasteiger partial charge is 0.238 e. The van der Waals surface area contributed by atoms with Crippen molar-refractivity contribution < 1.29 is 9.59 Å². The summed E-state index contributed by atoms with van der Waals surface area (Å²) in [6.45, 7) is 2.37. The Morgan fingerprint density at radius 3 is 2.19 bits per heavy atom. The molecule has 0 atom stereocenters. The van der Waals surface area contributed by atoms with Crippen LogP contribution in [0.15, 0.2) is 36.5 Å². The molecule has 2 N–H and O–H groups in total. The molecule has 0 aliphatic carbocycles. The third kappa shape index (κ3) is 5.85. The van der Waals surface area contributed by atoms with Gasteiger partial charge in [0.15, 0.2) is 5.15 Å². The highest BCUT2D eigenvalue weighted by Crippen LogP contribution is 2.29. The van der Waals surface area contributed by atoms with Gasteiger partial charge in [0.05, 0.1) is 34.5 Å². The van der Waals surface area contributed by atoms with Gasteiger partial charge in [0.25, 0.3) is 0 Å². The first-order valence-corrected chi connectivity index (χ1v) is 8.90. The van der Waals surface area contributed by atoms with E-state index >= 15 is 0 Å². The van der Waals surface area contributed by atoms with Crippen molar-refractivity contribution >= 4 is 58.0 Å². The average molecular weight is 416 g/mol. The Kier molecular flexibility index (Phi) is 7.66. The molecule has 0 aliphatic heterocycles. The lowest BCUT2D eigenvalue weighted by Gasteiger charge is -2.20. The Hall–Kier alpha value is -1.86. The Morgan fingerprint density at radius 2 is 1.62 bits per heavy atom. The van der Waals surface area contributed by atoms with E-state index in [0.29, 0.717) is 28.0 Å². The summed E-state index contributed by atoms with van der Waals surface area (Å²) in [5.74, 6) is -0.626. The molecule has 2 rings (SSSR count). The fourth-order valence-electron chi connectivity index (χ4n) is 2.15. The van der Waals surface area contributed by atoms with E-state index in [0.717, 1.165) is 0 Å². The maximum atomic E-state index is 12.2. The van der Waals surface area contributed by atoms with E-state index in [1.807, 2.05) is 6.92 Å². The van der Waals surface area contributed by atoms with E-state index in [1.54, 1.807) is 35.2 Å². The normalized spacial score (nSPS) is 10.7. The van der Waals surface area contributed by atoms with E-state index in [2.05, 4.69) is 15.6 Å². The fourth-order valence-corrected chi connectivity index (χ4v) is 2.81. The molecule has 138 valence electrons. The third-order valence-electron chi connectivity index (χ3n) is 3.44. The molecule has 0 saturated heterocycles. The van der Waals surface area contributed by atoms with E-state index in [-0.39, 0.29) is 30.1 Å². The Morgan fingerprint density at radius 1 is 1.00 bits per heavy atom. The summed E-state index contributed by atoms with van der Waals surface area (Å²) in [7, 11) is 0. The molecule has 0 fully saturated rings. The number of aromatic nitrogens is 1. The molecule has 9 heteroatoms. The van der Waals surface area contributed by atoms with Crippen LogP contribution in [0.1, 0.15) is 6.92 Å². The minimum Gasteiger partial charge on any atom is -0.322 e. The van der Waals surface area contributed by atoms with Gasteiger partial charge in [-0.05, 0) is 30.8 Å². The summed E-state index contributed by atoms with van der Waals surface area (Å²) in [6.07, 6.45) is 1.53. The number of halogens is 3. The number of pyridine rings is 1. The number of nitrogens with zero attached hydrogens (tertiary/aromatic N) is 2. The lowest BCUT2D eigenvalue weighted by atomic mass is 10.3. The zero-order valence-corrected chi connectivity index (χ0v) is 16.2. The van der Waals surface area contributed by atoms with Crippen LogP contribution in [-0.2, 0) is 9.59 Å². The number of amides is 2. The second-order valence-corrected chi connectivity index (χ2v) is 6.51. The molecular weight excluding hydrogens is 399 g/mol. The molecular formula is C17H17Cl3N4O2. The first-order valence-electron chi connectivity index (χ1n) is 7.77. The van der Waals surface area contributed by atoms with Gasteiger partial charge in [0.2, 0.25) is 11.8 Å². The van der Waals surface area contributed by atoms with Crippen LogP contribution >= 0.6 is 34.8 Å². The van der Waals surface area contributed by atoms with Crippen molar-refractivity contribution in [3.8, 4) is 0 Å². The predicted octanol–water partition coefficient (Wildman–Crippen LogP) is 3.94. The summed E-state index contributed by atoms with van der Waals surface area (Å²) in [5.41, 5.74) is 0.769. The van der Waals surface area contributed by atoms with Gasteiger partial charge in [-0.2, -0.15) is 0 Å². The summed E-state index contributed by atoms with van der Waals surface area (Å²) >= 11 is 18.0. The lowest BCUT2D eigenvalue weighted by molar-refractivity contribution is -0.119. The Balaban J connectivity index is 1.93. The molecule has 1 heterocycles. The molecule has 0 aliphatic rings. The molecule has 2 amide bonds. The van der Waals surface area contributed by atoms with Crippen LogP contribution in [0.5, 0.6) is 0 Å². The first-order chi connectivity index (χ1) is 12.4. The number of anilines is 2. The quantitative estimate of drug-likeness (QED) is 0.672. The number of rotatable bonds is 7. The highest BCUT2D eigenvalue weighted by molar-refractivity contribution is 6.39. The van der Waals surface area contributed by atoms with Crippen LogP contribution in [0.3, 0.4) is 0 Å². The Bertz CT molecular complexity index is 781. The molecule has 26 heavy (non-hydrogen) atoms. The Labute approximate surface area is 166 Å². The molecule has 0 radical (unpaired) electrons. The molecule has 0 spiro atoms. The number of para-hydroxylation sites is 1. The lowest BCUT2D eigenvalue weighted by Crippen LogP contribution is -2.38. The monoisotopic (exact) mass is 414 g/mol. The maximum absolute atomic E-state index is 12.2. The average Bonchev–Trinajstić information content (AvgIpc) is 2.59. The number of nitrogens with one attached hydrogen (secondary N) is 2. The van der Waals surface area contributed by atoms with Gasteiger partial charge in [-0.25, -0.2) is 4.98 Å². The number of hydrogen-bond acceptors (Lipinski definition) is 4. The first kappa shape index (κ1) is 20.5. The van der Waals surface area contributed by atoms with Crippen LogP contribution in [-0.4, -0.2) is 41.3 Å². The van der Waals surface area contributed by atoms with Crippen molar-refractivity contribution in [3.05, 3.63) is 51.7 Å². The van der Waals surface area contributed by atoms with Gasteiger partial charge < -0.3 is 10.6 Å². The van der Waals surface area contributed by atoms with Crippen LogP contribution in [0.2, 0.25) is 15.2 Å². The van der Waals surface area contributed by atoms with Gasteiger partial charge >= 0.3 is 0 Å². The number of benzene rings is 1. The minimum atomic E-state index is -0.325. The summed E-state index contributed by atoms with van der Waals surface area (Å²) < 4.78 is 0. The molecule has 0 saturated carbocycles. The molecule has 6 nitrogen and oxygen atoms in total. The van der Waals surface area contributed by atoms with Crippen molar-refractivity contribution in [2.45, 2.75) is 6.92 Å².